The van der Waals surface area contributed by atoms with Gasteiger partial charge in [0.2, 0.25) is 0 Å². The van der Waals surface area contributed by atoms with Crippen LogP contribution in [0, 0.1) is 0 Å². The Bertz CT molecular complexity index is 720. The number of hydrogen-bond acceptors (Lipinski definition) is 4. The zero-order chi connectivity index (χ0) is 15.0. The summed E-state index contributed by atoms with van der Waals surface area (Å²) in [5, 5.41) is 12.7. The lowest BCUT2D eigenvalue weighted by molar-refractivity contribution is 0.0697. The molecule has 2 aromatic rings. The molecular formula is C14H12BrNO3S2. The molecule has 1 amide bonds. The Hall–Kier alpha value is -1.18. The van der Waals surface area contributed by atoms with E-state index in [2.05, 4.69) is 21.2 Å². The third-order valence-electron chi connectivity index (χ3n) is 3.41. The highest BCUT2D eigenvalue weighted by molar-refractivity contribution is 9.11. The van der Waals surface area contributed by atoms with Crippen molar-refractivity contribution in [3.63, 3.8) is 0 Å². The highest BCUT2D eigenvalue weighted by Crippen LogP contribution is 2.38. The second kappa shape index (κ2) is 5.90. The third-order valence-corrected chi connectivity index (χ3v) is 6.24. The van der Waals surface area contributed by atoms with Crippen molar-refractivity contribution >= 4 is 55.5 Å². The van der Waals surface area contributed by atoms with Crippen LogP contribution in [-0.2, 0) is 12.8 Å². The summed E-state index contributed by atoms with van der Waals surface area (Å²) in [7, 11) is 0. The summed E-state index contributed by atoms with van der Waals surface area (Å²) in [4.78, 5) is 25.4. The van der Waals surface area contributed by atoms with Gasteiger partial charge in [-0.2, -0.15) is 0 Å². The van der Waals surface area contributed by atoms with Gasteiger partial charge in [-0.1, -0.05) is 0 Å². The summed E-state index contributed by atoms with van der Waals surface area (Å²) in [6.07, 6.45) is 3.78. The number of aryl methyl sites for hydroxylation is 1. The minimum atomic E-state index is -0.961. The van der Waals surface area contributed by atoms with Crippen LogP contribution in [0.1, 0.15) is 43.3 Å². The maximum absolute atomic E-state index is 12.2. The molecule has 1 aliphatic rings. The maximum Gasteiger partial charge on any atom is 0.339 e. The molecule has 0 saturated heterocycles. The van der Waals surface area contributed by atoms with Crippen molar-refractivity contribution in [1.82, 2.24) is 0 Å². The number of amides is 1. The summed E-state index contributed by atoms with van der Waals surface area (Å²) in [5.74, 6) is -1.22. The summed E-state index contributed by atoms with van der Waals surface area (Å²) in [6.45, 7) is 0. The zero-order valence-corrected chi connectivity index (χ0v) is 14.2. The average molecular weight is 386 g/mol. The molecule has 0 aliphatic heterocycles. The fourth-order valence-electron chi connectivity index (χ4n) is 2.48. The molecule has 1 aliphatic carbocycles. The van der Waals surface area contributed by atoms with Gasteiger partial charge in [-0.3, -0.25) is 4.79 Å². The second-order valence-electron chi connectivity index (χ2n) is 4.78. The van der Waals surface area contributed by atoms with E-state index in [4.69, 9.17) is 0 Å². The standard InChI is InChI=1S/C14H12BrNO3S2/c15-10-6-5-9(20-10)12(17)16-13-11(14(18)19)7-3-1-2-4-8(7)21-13/h5-6H,1-4H2,(H,16,17)(H,18,19). The van der Waals surface area contributed by atoms with E-state index in [1.807, 2.05) is 0 Å². The van der Waals surface area contributed by atoms with E-state index in [9.17, 15) is 14.7 Å². The van der Waals surface area contributed by atoms with Gasteiger partial charge >= 0.3 is 5.97 Å². The van der Waals surface area contributed by atoms with Crippen LogP contribution in [0.15, 0.2) is 15.9 Å². The van der Waals surface area contributed by atoms with Crippen LogP contribution in [0.5, 0.6) is 0 Å². The highest BCUT2D eigenvalue weighted by atomic mass is 79.9. The van der Waals surface area contributed by atoms with Crippen molar-refractivity contribution in [2.45, 2.75) is 25.7 Å². The zero-order valence-electron chi connectivity index (χ0n) is 10.9. The van der Waals surface area contributed by atoms with Crippen molar-refractivity contribution in [3.05, 3.63) is 36.8 Å². The van der Waals surface area contributed by atoms with E-state index in [0.29, 0.717) is 9.88 Å². The molecule has 0 saturated carbocycles. The minimum Gasteiger partial charge on any atom is -0.478 e. The van der Waals surface area contributed by atoms with Gasteiger partial charge in [0.1, 0.15) is 5.00 Å². The number of halogens is 1. The van der Waals surface area contributed by atoms with Crippen molar-refractivity contribution in [2.24, 2.45) is 0 Å². The largest absolute Gasteiger partial charge is 0.478 e. The Balaban J connectivity index is 1.93. The molecule has 0 radical (unpaired) electrons. The molecule has 2 heterocycles. The number of carbonyl (C=O) groups excluding carboxylic acids is 1. The third kappa shape index (κ3) is 2.90. The first-order valence-electron chi connectivity index (χ1n) is 6.51. The monoisotopic (exact) mass is 385 g/mol. The number of rotatable bonds is 3. The molecule has 0 atom stereocenters. The van der Waals surface area contributed by atoms with Gasteiger partial charge in [-0.25, -0.2) is 4.79 Å². The number of thiophene rings is 2. The molecule has 21 heavy (non-hydrogen) atoms. The number of aromatic carboxylic acids is 1. The van der Waals surface area contributed by atoms with Gasteiger partial charge in [0, 0.05) is 4.88 Å². The van der Waals surface area contributed by atoms with Gasteiger partial charge in [0.05, 0.1) is 14.2 Å². The first kappa shape index (κ1) is 14.7. The predicted molar refractivity (Wildman–Crippen MR) is 87.9 cm³/mol. The lowest BCUT2D eigenvalue weighted by Gasteiger charge is -2.10. The Morgan fingerprint density at radius 1 is 1.19 bits per heavy atom. The minimum absolute atomic E-state index is 0.258. The molecule has 7 heteroatoms. The van der Waals surface area contributed by atoms with Crippen molar-refractivity contribution in [2.75, 3.05) is 5.32 Å². The molecule has 0 aromatic carbocycles. The fourth-order valence-corrected chi connectivity index (χ4v) is 5.04. The van der Waals surface area contributed by atoms with Crippen LogP contribution in [0.4, 0.5) is 5.00 Å². The molecule has 4 nitrogen and oxygen atoms in total. The highest BCUT2D eigenvalue weighted by Gasteiger charge is 2.26. The lowest BCUT2D eigenvalue weighted by atomic mass is 9.95. The molecule has 2 aromatic heterocycles. The van der Waals surface area contributed by atoms with Crippen LogP contribution >= 0.6 is 38.6 Å². The van der Waals surface area contributed by atoms with Gasteiger partial charge in [0.25, 0.3) is 5.91 Å². The number of carbonyl (C=O) groups is 2. The summed E-state index contributed by atoms with van der Waals surface area (Å²) < 4.78 is 0.872. The normalized spacial score (nSPS) is 13.8. The van der Waals surface area contributed by atoms with Gasteiger partial charge in [-0.15, -0.1) is 22.7 Å². The Morgan fingerprint density at radius 2 is 1.95 bits per heavy atom. The Kier molecular flexibility index (Phi) is 4.14. The second-order valence-corrected chi connectivity index (χ2v) is 8.35. The van der Waals surface area contributed by atoms with Crippen LogP contribution in [-0.4, -0.2) is 17.0 Å². The van der Waals surface area contributed by atoms with Gasteiger partial charge < -0.3 is 10.4 Å². The SMILES string of the molecule is O=C(Nc1sc2c(c1C(=O)O)CCCC2)c1ccc(Br)s1. The smallest absolute Gasteiger partial charge is 0.339 e. The molecule has 2 N–H and O–H groups in total. The Labute approximate surface area is 137 Å². The van der Waals surface area contributed by atoms with E-state index in [-0.39, 0.29) is 11.5 Å². The molecule has 110 valence electrons. The molecule has 3 rings (SSSR count). The Morgan fingerprint density at radius 3 is 2.62 bits per heavy atom. The molecule has 0 unspecified atom stereocenters. The molecule has 0 fully saturated rings. The van der Waals surface area contributed by atoms with E-state index >= 15 is 0 Å². The number of fused-ring (bicyclic) bond motifs is 1. The quantitative estimate of drug-likeness (QED) is 0.822. The van der Waals surface area contributed by atoms with Crippen molar-refractivity contribution < 1.29 is 14.7 Å². The van der Waals surface area contributed by atoms with Crippen molar-refractivity contribution in [3.8, 4) is 0 Å². The van der Waals surface area contributed by atoms with Crippen LogP contribution in [0.25, 0.3) is 0 Å². The van der Waals surface area contributed by atoms with Crippen LogP contribution in [0.2, 0.25) is 0 Å². The molecule has 0 bridgehead atoms. The average Bonchev–Trinajstić information content (AvgIpc) is 3.01. The van der Waals surface area contributed by atoms with Crippen molar-refractivity contribution in [1.29, 1.82) is 0 Å². The number of hydrogen-bond donors (Lipinski definition) is 2. The fraction of sp³-hybridized carbons (Fsp3) is 0.286. The van der Waals surface area contributed by atoms with Gasteiger partial charge in [0.15, 0.2) is 0 Å². The van der Waals surface area contributed by atoms with E-state index in [1.165, 1.54) is 22.7 Å². The van der Waals surface area contributed by atoms with Gasteiger partial charge in [-0.05, 0) is 59.3 Å². The van der Waals surface area contributed by atoms with E-state index < -0.39 is 5.97 Å². The predicted octanol–water partition coefficient (Wildman–Crippen LogP) is 4.40. The maximum atomic E-state index is 12.2. The molecular weight excluding hydrogens is 374 g/mol. The first-order valence-corrected chi connectivity index (χ1v) is 8.93. The number of anilines is 1. The number of nitrogens with one attached hydrogen (secondary N) is 1. The molecule has 0 spiro atoms. The van der Waals surface area contributed by atoms with Crippen LogP contribution < -0.4 is 5.32 Å². The van der Waals surface area contributed by atoms with E-state index in [1.54, 1.807) is 12.1 Å². The summed E-state index contributed by atoms with van der Waals surface area (Å²) >= 11 is 6.04. The van der Waals surface area contributed by atoms with Crippen LogP contribution in [0.3, 0.4) is 0 Å². The number of carboxylic acid groups (broad SMARTS) is 1. The number of carboxylic acids is 1. The van der Waals surface area contributed by atoms with E-state index in [0.717, 1.165) is 39.9 Å². The lowest BCUT2D eigenvalue weighted by Crippen LogP contribution is -2.13. The summed E-state index contributed by atoms with van der Waals surface area (Å²) in [6, 6.07) is 3.52. The summed E-state index contributed by atoms with van der Waals surface area (Å²) in [5.41, 5.74) is 1.18. The first-order chi connectivity index (χ1) is 10.1. The topological polar surface area (TPSA) is 66.4 Å².